The molecule has 2 N–H and O–H groups in total. The van der Waals surface area contributed by atoms with E-state index in [9.17, 15) is 0 Å². The number of nitrogens with two attached hydrogens (primary N) is 1. The Morgan fingerprint density at radius 1 is 1.22 bits per heavy atom. The summed E-state index contributed by atoms with van der Waals surface area (Å²) in [5.41, 5.74) is 6.11. The Kier molecular flexibility index (Phi) is 6.99. The van der Waals surface area contributed by atoms with Gasteiger partial charge in [-0.1, -0.05) is 13.3 Å². The molecular weight excluding hydrogens is 242 g/mol. The van der Waals surface area contributed by atoms with E-state index in [1.165, 1.54) is 32.2 Å². The maximum Gasteiger partial charge on any atom is 0.0365 e. The van der Waals surface area contributed by atoms with Crippen molar-refractivity contribution >= 4 is 11.8 Å². The second kappa shape index (κ2) is 7.73. The molecule has 0 aromatic heterocycles. The van der Waals surface area contributed by atoms with Crippen LogP contribution in [0.2, 0.25) is 0 Å². The average molecular weight is 273 g/mol. The fraction of sp³-hybridized carbons (Fsp3) is 1.00. The lowest BCUT2D eigenvalue weighted by Crippen LogP contribution is -2.59. The first kappa shape index (κ1) is 16.3. The number of hydrogen-bond acceptors (Lipinski definition) is 4. The molecule has 0 aromatic carbocycles. The molecule has 18 heavy (non-hydrogen) atoms. The third-order valence-corrected chi connectivity index (χ3v) is 5.72. The summed E-state index contributed by atoms with van der Waals surface area (Å²) in [5, 5.41) is 0. The molecule has 4 heteroatoms. The lowest BCUT2D eigenvalue weighted by molar-refractivity contribution is 0.115. The third-order valence-electron chi connectivity index (χ3n) is 4.22. The Bertz CT molecular complexity index is 224. The molecule has 0 heterocycles. The van der Waals surface area contributed by atoms with Crippen LogP contribution >= 0.6 is 11.8 Å². The van der Waals surface area contributed by atoms with E-state index in [0.29, 0.717) is 10.8 Å². The van der Waals surface area contributed by atoms with Gasteiger partial charge in [0.25, 0.3) is 0 Å². The van der Waals surface area contributed by atoms with Gasteiger partial charge in [0.1, 0.15) is 0 Å². The van der Waals surface area contributed by atoms with Crippen molar-refractivity contribution in [2.75, 3.05) is 46.5 Å². The fourth-order valence-electron chi connectivity index (χ4n) is 2.93. The van der Waals surface area contributed by atoms with Gasteiger partial charge in [0, 0.05) is 30.4 Å². The van der Waals surface area contributed by atoms with Crippen LogP contribution in [-0.4, -0.2) is 67.1 Å². The smallest absolute Gasteiger partial charge is 0.0365 e. The number of rotatable bonds is 9. The van der Waals surface area contributed by atoms with Gasteiger partial charge in [-0.25, -0.2) is 0 Å². The Morgan fingerprint density at radius 3 is 2.22 bits per heavy atom. The van der Waals surface area contributed by atoms with E-state index >= 15 is 0 Å². The van der Waals surface area contributed by atoms with Gasteiger partial charge in [-0.2, -0.15) is 11.8 Å². The summed E-state index contributed by atoms with van der Waals surface area (Å²) in [7, 11) is 4.30. The molecule has 0 bridgehead atoms. The first-order valence-electron chi connectivity index (χ1n) is 7.23. The highest BCUT2D eigenvalue weighted by atomic mass is 32.2. The van der Waals surface area contributed by atoms with E-state index in [-0.39, 0.29) is 0 Å². The van der Waals surface area contributed by atoms with E-state index in [0.717, 1.165) is 19.6 Å². The van der Waals surface area contributed by atoms with Gasteiger partial charge >= 0.3 is 0 Å². The average Bonchev–Trinajstić information content (AvgIpc) is 2.29. The maximum atomic E-state index is 6.11. The van der Waals surface area contributed by atoms with Gasteiger partial charge < -0.3 is 10.6 Å². The van der Waals surface area contributed by atoms with Crippen LogP contribution in [0.15, 0.2) is 0 Å². The lowest BCUT2D eigenvalue weighted by atomic mass is 9.77. The summed E-state index contributed by atoms with van der Waals surface area (Å²) in [6.45, 7) is 6.51. The second-order valence-corrected chi connectivity index (χ2v) is 6.93. The summed E-state index contributed by atoms with van der Waals surface area (Å²) >= 11 is 2.04. The zero-order valence-electron chi connectivity index (χ0n) is 12.6. The maximum absolute atomic E-state index is 6.11. The third kappa shape index (κ3) is 3.86. The highest BCUT2D eigenvalue weighted by Crippen LogP contribution is 2.46. The van der Waals surface area contributed by atoms with E-state index in [1.54, 1.807) is 0 Å². The van der Waals surface area contributed by atoms with Crippen LogP contribution in [0.3, 0.4) is 0 Å². The van der Waals surface area contributed by atoms with Gasteiger partial charge in [0.2, 0.25) is 0 Å². The molecule has 1 unspecified atom stereocenters. The van der Waals surface area contributed by atoms with Crippen molar-refractivity contribution < 1.29 is 0 Å². The van der Waals surface area contributed by atoms with E-state index in [4.69, 9.17) is 5.73 Å². The number of nitrogens with zero attached hydrogens (tertiary/aromatic N) is 2. The van der Waals surface area contributed by atoms with E-state index in [1.807, 2.05) is 11.8 Å². The quantitative estimate of drug-likeness (QED) is 0.695. The summed E-state index contributed by atoms with van der Waals surface area (Å²) in [5.74, 6) is 0. The molecule has 0 amide bonds. The molecule has 0 aromatic rings. The minimum absolute atomic E-state index is 0.441. The van der Waals surface area contributed by atoms with Crippen molar-refractivity contribution in [1.29, 1.82) is 0 Å². The fourth-order valence-corrected chi connectivity index (χ4v) is 4.15. The van der Waals surface area contributed by atoms with Crippen LogP contribution in [-0.2, 0) is 0 Å². The monoisotopic (exact) mass is 273 g/mol. The molecule has 0 aliphatic heterocycles. The minimum Gasteiger partial charge on any atom is -0.329 e. The Morgan fingerprint density at radius 2 is 1.89 bits per heavy atom. The normalized spacial score (nSPS) is 20.2. The zero-order valence-corrected chi connectivity index (χ0v) is 13.4. The van der Waals surface area contributed by atoms with Gasteiger partial charge in [0.15, 0.2) is 0 Å². The van der Waals surface area contributed by atoms with Gasteiger partial charge in [-0.3, -0.25) is 4.90 Å². The van der Waals surface area contributed by atoms with Crippen LogP contribution in [0.1, 0.15) is 32.6 Å². The number of hydrogen-bond donors (Lipinski definition) is 1. The molecule has 0 spiro atoms. The molecule has 0 radical (unpaired) electrons. The SMILES string of the molecule is CCCN(CCN(C)C)C(CN)C1(SC)CCC1. The molecule has 1 rings (SSSR count). The Hall–Kier alpha value is 0.230. The highest BCUT2D eigenvalue weighted by Gasteiger charge is 2.45. The molecule has 0 saturated heterocycles. The minimum atomic E-state index is 0.441. The largest absolute Gasteiger partial charge is 0.329 e. The zero-order chi connectivity index (χ0) is 13.6. The first-order valence-corrected chi connectivity index (χ1v) is 8.46. The van der Waals surface area contributed by atoms with Gasteiger partial charge in [0.05, 0.1) is 0 Å². The van der Waals surface area contributed by atoms with Crippen molar-refractivity contribution in [1.82, 2.24) is 9.80 Å². The van der Waals surface area contributed by atoms with Gasteiger partial charge in [-0.15, -0.1) is 0 Å². The number of likely N-dealkylation sites (N-methyl/N-ethyl adjacent to an activating group) is 1. The van der Waals surface area contributed by atoms with Crippen LogP contribution in [0, 0.1) is 0 Å². The number of thioether (sulfide) groups is 1. The lowest BCUT2D eigenvalue weighted by Gasteiger charge is -2.50. The van der Waals surface area contributed by atoms with E-state index in [2.05, 4.69) is 37.1 Å². The molecule has 3 nitrogen and oxygen atoms in total. The Balaban J connectivity index is 2.66. The topological polar surface area (TPSA) is 32.5 Å². The summed E-state index contributed by atoms with van der Waals surface area (Å²) in [4.78, 5) is 4.90. The first-order chi connectivity index (χ1) is 8.59. The van der Waals surface area contributed by atoms with Crippen LogP contribution in [0.4, 0.5) is 0 Å². The predicted octanol–water partition coefficient (Wildman–Crippen LogP) is 1.87. The highest BCUT2D eigenvalue weighted by molar-refractivity contribution is 8.00. The van der Waals surface area contributed by atoms with Crippen molar-refractivity contribution in [3.63, 3.8) is 0 Å². The second-order valence-electron chi connectivity index (χ2n) is 5.71. The molecule has 1 aliphatic rings. The van der Waals surface area contributed by atoms with Crippen molar-refractivity contribution in [2.24, 2.45) is 5.73 Å². The van der Waals surface area contributed by atoms with Gasteiger partial charge in [-0.05, 0) is 46.2 Å². The summed E-state index contributed by atoms with van der Waals surface area (Å²) in [6, 6.07) is 0.557. The Labute approximate surface area is 117 Å². The molecule has 1 aliphatic carbocycles. The summed E-state index contributed by atoms with van der Waals surface area (Å²) < 4.78 is 0.441. The van der Waals surface area contributed by atoms with Crippen molar-refractivity contribution in [2.45, 2.75) is 43.4 Å². The molecule has 1 atom stereocenters. The van der Waals surface area contributed by atoms with E-state index < -0.39 is 0 Å². The van der Waals surface area contributed by atoms with Crippen molar-refractivity contribution in [3.8, 4) is 0 Å². The van der Waals surface area contributed by atoms with Crippen molar-refractivity contribution in [3.05, 3.63) is 0 Å². The molecular formula is C14H31N3S. The predicted molar refractivity (Wildman–Crippen MR) is 83.4 cm³/mol. The molecule has 108 valence electrons. The van der Waals surface area contributed by atoms with Crippen LogP contribution in [0.5, 0.6) is 0 Å². The van der Waals surface area contributed by atoms with Crippen LogP contribution in [0.25, 0.3) is 0 Å². The molecule has 1 saturated carbocycles. The van der Waals surface area contributed by atoms with Crippen LogP contribution < -0.4 is 5.73 Å². The standard InChI is InChI=1S/C14H31N3S/c1-5-9-17(11-10-16(2)3)13(12-15)14(18-4)7-6-8-14/h13H,5-12,15H2,1-4H3. The molecule has 1 fully saturated rings. The summed E-state index contributed by atoms with van der Waals surface area (Å²) in [6.07, 6.45) is 7.55.